The maximum Gasteiger partial charge on any atom is 0.309 e. The van der Waals surface area contributed by atoms with E-state index < -0.39 is 23.8 Å². The van der Waals surface area contributed by atoms with Crippen molar-refractivity contribution < 1.29 is 19.4 Å². The van der Waals surface area contributed by atoms with Crippen LogP contribution in [-0.2, 0) is 4.79 Å². The number of carboxylic acid groups (broad SMARTS) is 1. The highest BCUT2D eigenvalue weighted by Gasteiger charge is 2.28. The Morgan fingerprint density at radius 3 is 2.69 bits per heavy atom. The van der Waals surface area contributed by atoms with Crippen LogP contribution in [0.2, 0.25) is 5.02 Å². The molecule has 0 bridgehead atoms. The molecule has 0 spiro atoms. The molecule has 0 saturated carbocycles. The van der Waals surface area contributed by atoms with Crippen LogP contribution in [-0.4, -0.2) is 16.2 Å². The number of halogens is 2. The van der Waals surface area contributed by atoms with Gasteiger partial charge in [-0.1, -0.05) is 18.5 Å². The smallest absolute Gasteiger partial charge is 0.309 e. The lowest BCUT2D eigenvalue weighted by Crippen LogP contribution is -2.22. The third-order valence-corrected chi connectivity index (χ3v) is 2.65. The summed E-state index contributed by atoms with van der Waals surface area (Å²) < 4.78 is 13.4. The molecule has 16 heavy (non-hydrogen) atoms. The van der Waals surface area contributed by atoms with Crippen LogP contribution in [0.3, 0.4) is 0 Å². The maximum absolute atomic E-state index is 13.4. The molecule has 3 nitrogen and oxygen atoms in total. The summed E-state index contributed by atoms with van der Waals surface area (Å²) in [7, 11) is 0. The van der Waals surface area contributed by atoms with E-state index >= 15 is 0 Å². The summed E-state index contributed by atoms with van der Waals surface area (Å²) in [6.45, 7) is 1.62. The van der Waals surface area contributed by atoms with E-state index in [1.54, 1.807) is 6.92 Å². The molecule has 2 unspecified atom stereocenters. The fourth-order valence-electron chi connectivity index (χ4n) is 1.49. The molecule has 1 aromatic rings. The van der Waals surface area contributed by atoms with Gasteiger partial charge < -0.3 is 10.2 Å². The van der Waals surface area contributed by atoms with Gasteiger partial charge in [-0.3, -0.25) is 4.79 Å². The van der Waals surface area contributed by atoms with E-state index in [-0.39, 0.29) is 17.0 Å². The Morgan fingerprint density at radius 2 is 2.19 bits per heavy atom. The molecule has 0 heterocycles. The largest absolute Gasteiger partial charge is 0.481 e. The van der Waals surface area contributed by atoms with E-state index in [4.69, 9.17) is 16.7 Å². The van der Waals surface area contributed by atoms with Gasteiger partial charge in [-0.05, 0) is 24.6 Å². The molecule has 0 aliphatic carbocycles. The Labute approximate surface area is 97.5 Å². The number of benzene rings is 1. The molecule has 88 valence electrons. The van der Waals surface area contributed by atoms with E-state index in [2.05, 4.69) is 0 Å². The van der Waals surface area contributed by atoms with Crippen molar-refractivity contribution in [1.82, 2.24) is 0 Å². The third kappa shape index (κ3) is 2.71. The minimum Gasteiger partial charge on any atom is -0.481 e. The summed E-state index contributed by atoms with van der Waals surface area (Å²) in [6.07, 6.45) is -1.18. The summed E-state index contributed by atoms with van der Waals surface area (Å²) >= 11 is 5.66. The second kappa shape index (κ2) is 5.27. The van der Waals surface area contributed by atoms with Crippen LogP contribution in [0, 0.1) is 11.7 Å². The van der Waals surface area contributed by atoms with Crippen molar-refractivity contribution in [1.29, 1.82) is 0 Å². The van der Waals surface area contributed by atoms with Crippen molar-refractivity contribution in [2.24, 2.45) is 5.92 Å². The van der Waals surface area contributed by atoms with E-state index in [9.17, 15) is 14.3 Å². The molecule has 2 N–H and O–H groups in total. The molecule has 2 atom stereocenters. The lowest BCUT2D eigenvalue weighted by Gasteiger charge is -2.18. The summed E-state index contributed by atoms with van der Waals surface area (Å²) in [5.74, 6) is -2.85. The molecule has 0 aliphatic rings. The minimum atomic E-state index is -1.39. The van der Waals surface area contributed by atoms with Gasteiger partial charge in [0.15, 0.2) is 0 Å². The topological polar surface area (TPSA) is 57.5 Å². The van der Waals surface area contributed by atoms with Gasteiger partial charge in [0.25, 0.3) is 0 Å². The first-order valence-corrected chi connectivity index (χ1v) is 5.21. The number of rotatable bonds is 4. The summed E-state index contributed by atoms with van der Waals surface area (Å²) in [6, 6.07) is 3.69. The first-order chi connectivity index (χ1) is 7.47. The molecular formula is C11H12ClFO3. The number of carbonyl (C=O) groups is 1. The van der Waals surface area contributed by atoms with Crippen LogP contribution in [0.1, 0.15) is 25.0 Å². The first-order valence-electron chi connectivity index (χ1n) is 4.83. The molecular weight excluding hydrogens is 235 g/mol. The number of hydrogen-bond acceptors (Lipinski definition) is 2. The molecule has 0 aliphatic heterocycles. The fourth-order valence-corrected chi connectivity index (χ4v) is 1.67. The summed E-state index contributed by atoms with van der Waals surface area (Å²) in [5.41, 5.74) is -0.0817. The van der Waals surface area contributed by atoms with Crippen LogP contribution in [0.5, 0.6) is 0 Å². The Morgan fingerprint density at radius 1 is 1.56 bits per heavy atom. The summed E-state index contributed by atoms with van der Waals surface area (Å²) in [4.78, 5) is 10.8. The van der Waals surface area contributed by atoms with Gasteiger partial charge in [-0.25, -0.2) is 4.39 Å². The van der Waals surface area contributed by atoms with E-state index in [0.717, 1.165) is 6.07 Å². The lowest BCUT2D eigenvalue weighted by molar-refractivity contribution is -0.146. The summed E-state index contributed by atoms with van der Waals surface area (Å²) in [5, 5.41) is 18.9. The van der Waals surface area contributed by atoms with E-state index in [1.807, 2.05) is 0 Å². The lowest BCUT2D eigenvalue weighted by atomic mass is 9.93. The average Bonchev–Trinajstić information content (AvgIpc) is 2.22. The van der Waals surface area contributed by atoms with Crippen molar-refractivity contribution in [2.45, 2.75) is 19.4 Å². The number of hydrogen-bond donors (Lipinski definition) is 2. The van der Waals surface area contributed by atoms with Crippen LogP contribution in [0.4, 0.5) is 4.39 Å². The van der Waals surface area contributed by atoms with Crippen molar-refractivity contribution in [3.8, 4) is 0 Å². The highest BCUT2D eigenvalue weighted by molar-refractivity contribution is 6.30. The van der Waals surface area contributed by atoms with E-state index in [0.29, 0.717) is 0 Å². The zero-order chi connectivity index (χ0) is 12.3. The average molecular weight is 247 g/mol. The fraction of sp³-hybridized carbons (Fsp3) is 0.364. The number of aliphatic carboxylic acids is 1. The standard InChI is InChI=1S/C11H12ClFO3/c1-2-7(11(15)16)10(14)8-5-6(12)3-4-9(8)13/h3-5,7,10,14H,2H2,1H3,(H,15,16). The van der Waals surface area contributed by atoms with Gasteiger partial charge in [-0.15, -0.1) is 0 Å². The van der Waals surface area contributed by atoms with Crippen molar-refractivity contribution >= 4 is 17.6 Å². The quantitative estimate of drug-likeness (QED) is 0.859. The maximum atomic E-state index is 13.4. The van der Waals surface area contributed by atoms with Gasteiger partial charge >= 0.3 is 5.97 Å². The molecule has 0 fully saturated rings. The van der Waals surface area contributed by atoms with Gasteiger partial charge in [0.2, 0.25) is 0 Å². The SMILES string of the molecule is CCC(C(=O)O)C(O)c1cc(Cl)ccc1F. The van der Waals surface area contributed by atoms with E-state index in [1.165, 1.54) is 12.1 Å². The Bertz CT molecular complexity index is 395. The van der Waals surface area contributed by atoms with Crippen LogP contribution < -0.4 is 0 Å². The monoisotopic (exact) mass is 246 g/mol. The van der Waals surface area contributed by atoms with Crippen LogP contribution in [0.25, 0.3) is 0 Å². The minimum absolute atomic E-state index is 0.0817. The third-order valence-electron chi connectivity index (χ3n) is 2.41. The Balaban J connectivity index is 3.07. The van der Waals surface area contributed by atoms with Gasteiger partial charge in [-0.2, -0.15) is 0 Å². The Hall–Kier alpha value is -1.13. The second-order valence-corrected chi connectivity index (χ2v) is 3.90. The van der Waals surface area contributed by atoms with Crippen molar-refractivity contribution in [3.63, 3.8) is 0 Å². The predicted octanol–water partition coefficient (Wildman–Crippen LogP) is 2.62. The number of aliphatic hydroxyl groups is 1. The Kier molecular flexibility index (Phi) is 4.26. The molecule has 0 aromatic heterocycles. The van der Waals surface area contributed by atoms with Gasteiger partial charge in [0.1, 0.15) is 5.82 Å². The van der Waals surface area contributed by atoms with Crippen LogP contribution in [0.15, 0.2) is 18.2 Å². The van der Waals surface area contributed by atoms with Crippen molar-refractivity contribution in [2.75, 3.05) is 0 Å². The van der Waals surface area contributed by atoms with Gasteiger partial charge in [0, 0.05) is 10.6 Å². The molecule has 0 radical (unpaired) electrons. The highest BCUT2D eigenvalue weighted by Crippen LogP contribution is 2.28. The molecule has 1 rings (SSSR count). The molecule has 0 amide bonds. The zero-order valence-corrected chi connectivity index (χ0v) is 9.41. The number of carboxylic acids is 1. The zero-order valence-electron chi connectivity index (χ0n) is 8.65. The van der Waals surface area contributed by atoms with Crippen LogP contribution >= 0.6 is 11.6 Å². The molecule has 5 heteroatoms. The predicted molar refractivity (Wildman–Crippen MR) is 57.8 cm³/mol. The highest BCUT2D eigenvalue weighted by atomic mass is 35.5. The second-order valence-electron chi connectivity index (χ2n) is 3.46. The normalized spacial score (nSPS) is 14.5. The molecule has 1 aromatic carbocycles. The number of aliphatic hydroxyl groups excluding tert-OH is 1. The molecule has 0 saturated heterocycles. The van der Waals surface area contributed by atoms with Crippen molar-refractivity contribution in [3.05, 3.63) is 34.6 Å². The first kappa shape index (κ1) is 12.9. The van der Waals surface area contributed by atoms with Gasteiger partial charge in [0.05, 0.1) is 12.0 Å².